The molecule has 2 saturated carbocycles. The van der Waals surface area contributed by atoms with Crippen molar-refractivity contribution < 1.29 is 0 Å². The molecule has 1 aliphatic heterocycles. The van der Waals surface area contributed by atoms with Crippen LogP contribution >= 0.6 is 0 Å². The molecule has 10 heavy (non-hydrogen) atoms. The third-order valence-electron chi connectivity index (χ3n) is 4.13. The highest BCUT2D eigenvalue weighted by Crippen LogP contribution is 2.76. The molecule has 1 nitrogen and oxygen atoms in total. The van der Waals surface area contributed by atoms with Crippen LogP contribution in [0.15, 0.2) is 0 Å². The van der Waals surface area contributed by atoms with Crippen LogP contribution in [0.2, 0.25) is 0 Å². The Labute approximate surface area is 62.4 Å². The van der Waals surface area contributed by atoms with Gasteiger partial charge in [-0.05, 0) is 37.1 Å². The molecule has 0 aromatic rings. The van der Waals surface area contributed by atoms with E-state index in [1.54, 1.807) is 6.42 Å². The maximum Gasteiger partial charge on any atom is 0.00412 e. The summed E-state index contributed by atoms with van der Waals surface area (Å²) in [5.41, 5.74) is 1.70. The van der Waals surface area contributed by atoms with E-state index >= 15 is 0 Å². The summed E-state index contributed by atoms with van der Waals surface area (Å²) in [5, 5.41) is 0. The van der Waals surface area contributed by atoms with Gasteiger partial charge in [-0.2, -0.15) is 0 Å². The van der Waals surface area contributed by atoms with Crippen LogP contribution in [0.5, 0.6) is 0 Å². The molecule has 0 amide bonds. The van der Waals surface area contributed by atoms with Crippen molar-refractivity contribution >= 4 is 0 Å². The maximum atomic E-state index is 2.53. The second kappa shape index (κ2) is 1.29. The average Bonchev–Trinajstić information content (AvgIpc) is 2.15. The first-order chi connectivity index (χ1) is 4.77. The molecule has 0 radical (unpaired) electrons. The molecule has 1 heteroatoms. The minimum Gasteiger partial charge on any atom is -0.305 e. The number of hydrogen-bond acceptors (Lipinski definition) is 1. The number of nitrogens with zero attached hydrogens (tertiary/aromatic N) is 1. The Morgan fingerprint density at radius 3 is 2.30 bits per heavy atom. The minimum absolute atomic E-state index is 0.849. The Bertz CT molecular complexity index is 163. The van der Waals surface area contributed by atoms with Gasteiger partial charge in [0.2, 0.25) is 0 Å². The molecular weight excluding hydrogens is 122 g/mol. The van der Waals surface area contributed by atoms with Gasteiger partial charge in [0.25, 0.3) is 0 Å². The fourth-order valence-corrected chi connectivity index (χ4v) is 3.77. The predicted molar refractivity (Wildman–Crippen MR) is 40.8 cm³/mol. The highest BCUT2D eigenvalue weighted by molar-refractivity contribution is 5.23. The smallest absolute Gasteiger partial charge is 0.00412 e. The standard InChI is InChI=1S/C9H15N/c1-10-6-8-3-2-4-9(8,5-8)7-10/h2-7H2,1H3. The third-order valence-corrected chi connectivity index (χ3v) is 4.13. The Morgan fingerprint density at radius 1 is 1.10 bits per heavy atom. The van der Waals surface area contributed by atoms with E-state index in [2.05, 4.69) is 11.9 Å². The average molecular weight is 137 g/mol. The monoisotopic (exact) mass is 137 g/mol. The second-order valence-electron chi connectivity index (χ2n) is 4.76. The summed E-state index contributed by atoms with van der Waals surface area (Å²) in [5.74, 6) is 0. The van der Waals surface area contributed by atoms with Crippen molar-refractivity contribution in [2.75, 3.05) is 20.1 Å². The van der Waals surface area contributed by atoms with Crippen LogP contribution in [0.3, 0.4) is 0 Å². The van der Waals surface area contributed by atoms with Gasteiger partial charge in [-0.15, -0.1) is 0 Å². The first kappa shape index (κ1) is 5.59. The van der Waals surface area contributed by atoms with Gasteiger partial charge in [0.15, 0.2) is 0 Å². The highest BCUT2D eigenvalue weighted by atomic mass is 15.2. The molecule has 2 aliphatic carbocycles. The van der Waals surface area contributed by atoms with Crippen molar-refractivity contribution in [2.24, 2.45) is 10.8 Å². The van der Waals surface area contributed by atoms with Gasteiger partial charge in [-0.25, -0.2) is 0 Å². The molecule has 1 saturated heterocycles. The van der Waals surface area contributed by atoms with Crippen molar-refractivity contribution in [2.45, 2.75) is 25.7 Å². The quantitative estimate of drug-likeness (QED) is 0.489. The van der Waals surface area contributed by atoms with E-state index in [-0.39, 0.29) is 0 Å². The Hall–Kier alpha value is -0.0400. The van der Waals surface area contributed by atoms with E-state index in [9.17, 15) is 0 Å². The summed E-state index contributed by atoms with van der Waals surface area (Å²) in [4.78, 5) is 2.53. The van der Waals surface area contributed by atoms with E-state index in [0.29, 0.717) is 0 Å². The predicted octanol–water partition coefficient (Wildman–Crippen LogP) is 1.49. The van der Waals surface area contributed by atoms with Gasteiger partial charge >= 0.3 is 0 Å². The molecule has 2 unspecified atom stereocenters. The van der Waals surface area contributed by atoms with Gasteiger partial charge in [-0.1, -0.05) is 6.42 Å². The first-order valence-electron chi connectivity index (χ1n) is 4.45. The summed E-state index contributed by atoms with van der Waals surface area (Å²) < 4.78 is 0. The van der Waals surface area contributed by atoms with Crippen molar-refractivity contribution in [3.05, 3.63) is 0 Å². The van der Waals surface area contributed by atoms with E-state index in [1.807, 2.05) is 0 Å². The number of hydrogen-bond donors (Lipinski definition) is 0. The normalized spacial score (nSPS) is 58.5. The van der Waals surface area contributed by atoms with Crippen molar-refractivity contribution in [1.82, 2.24) is 4.90 Å². The molecule has 0 N–H and O–H groups in total. The zero-order valence-electron chi connectivity index (χ0n) is 6.69. The lowest BCUT2D eigenvalue weighted by atomic mass is 10.0. The van der Waals surface area contributed by atoms with Gasteiger partial charge in [0.05, 0.1) is 0 Å². The van der Waals surface area contributed by atoms with Crippen LogP contribution in [-0.4, -0.2) is 25.0 Å². The van der Waals surface area contributed by atoms with Crippen LogP contribution < -0.4 is 0 Å². The molecular formula is C9H15N. The molecule has 3 aliphatic rings. The van der Waals surface area contributed by atoms with Crippen LogP contribution in [-0.2, 0) is 0 Å². The number of likely N-dealkylation sites (tertiary alicyclic amines) is 1. The zero-order chi connectivity index (χ0) is 6.82. The van der Waals surface area contributed by atoms with Gasteiger partial charge in [0, 0.05) is 13.1 Å². The summed E-state index contributed by atoms with van der Waals surface area (Å²) in [6.45, 7) is 2.82. The minimum atomic E-state index is 0.849. The Balaban J connectivity index is 1.97. The van der Waals surface area contributed by atoms with Crippen LogP contribution in [0.1, 0.15) is 25.7 Å². The van der Waals surface area contributed by atoms with Crippen molar-refractivity contribution in [3.63, 3.8) is 0 Å². The van der Waals surface area contributed by atoms with Gasteiger partial charge in [0.1, 0.15) is 0 Å². The lowest BCUT2D eigenvalue weighted by Crippen LogP contribution is -2.22. The molecule has 0 bridgehead atoms. The number of piperidine rings is 1. The van der Waals surface area contributed by atoms with E-state index < -0.39 is 0 Å². The van der Waals surface area contributed by atoms with Crippen molar-refractivity contribution in [1.29, 1.82) is 0 Å². The second-order valence-corrected chi connectivity index (χ2v) is 4.76. The van der Waals surface area contributed by atoms with Crippen molar-refractivity contribution in [3.8, 4) is 0 Å². The lowest BCUT2D eigenvalue weighted by Gasteiger charge is -2.16. The Kier molecular flexibility index (Phi) is 0.722. The summed E-state index contributed by atoms with van der Waals surface area (Å²) in [7, 11) is 2.28. The maximum absolute atomic E-state index is 2.53. The SMILES string of the molecule is CN1CC23CCCC2(C1)C3. The Morgan fingerprint density at radius 2 is 1.70 bits per heavy atom. The van der Waals surface area contributed by atoms with Crippen LogP contribution in [0, 0.1) is 10.8 Å². The summed E-state index contributed by atoms with van der Waals surface area (Å²) in [6, 6.07) is 0. The zero-order valence-corrected chi connectivity index (χ0v) is 6.69. The molecule has 3 fully saturated rings. The largest absolute Gasteiger partial charge is 0.305 e. The first-order valence-corrected chi connectivity index (χ1v) is 4.45. The fraction of sp³-hybridized carbons (Fsp3) is 1.00. The van der Waals surface area contributed by atoms with E-state index in [1.165, 1.54) is 32.4 Å². The molecule has 1 heterocycles. The summed E-state index contributed by atoms with van der Waals surface area (Å²) in [6.07, 6.45) is 6.17. The fourth-order valence-electron chi connectivity index (χ4n) is 3.77. The number of rotatable bonds is 0. The third kappa shape index (κ3) is 0.402. The van der Waals surface area contributed by atoms with E-state index in [0.717, 1.165) is 10.8 Å². The topological polar surface area (TPSA) is 3.24 Å². The molecule has 0 spiro atoms. The molecule has 0 aromatic heterocycles. The van der Waals surface area contributed by atoms with E-state index in [4.69, 9.17) is 0 Å². The molecule has 2 atom stereocenters. The molecule has 0 aromatic carbocycles. The van der Waals surface area contributed by atoms with Crippen LogP contribution in [0.25, 0.3) is 0 Å². The highest BCUT2D eigenvalue weighted by Gasteiger charge is 2.72. The van der Waals surface area contributed by atoms with Gasteiger partial charge < -0.3 is 4.90 Å². The lowest BCUT2D eigenvalue weighted by molar-refractivity contribution is 0.300. The molecule has 3 rings (SSSR count). The van der Waals surface area contributed by atoms with Gasteiger partial charge in [-0.3, -0.25) is 0 Å². The molecule has 56 valence electrons. The summed E-state index contributed by atoms with van der Waals surface area (Å²) >= 11 is 0. The van der Waals surface area contributed by atoms with Crippen LogP contribution in [0.4, 0.5) is 0 Å².